The number of methoxy groups -OCH3 is 1. The molecule has 0 radical (unpaired) electrons. The summed E-state index contributed by atoms with van der Waals surface area (Å²) in [6, 6.07) is 0. The predicted octanol–water partition coefficient (Wildman–Crippen LogP) is -1.32. The van der Waals surface area contributed by atoms with Crippen molar-refractivity contribution < 1.29 is 19.4 Å². The second-order valence-electron chi connectivity index (χ2n) is 4.63. The quantitative estimate of drug-likeness (QED) is 0.664. The molecule has 0 spiro atoms. The minimum Gasteiger partial charge on any atom is -0.389 e. The molecule has 6 heteroatoms. The van der Waals surface area contributed by atoms with Crippen LogP contribution in [-0.2, 0) is 14.3 Å². The van der Waals surface area contributed by atoms with E-state index in [1.54, 1.807) is 16.9 Å². The number of amides is 2. The molecule has 0 bridgehead atoms. The van der Waals surface area contributed by atoms with Gasteiger partial charge in [0.15, 0.2) is 0 Å². The fraction of sp³-hybridized carbons (Fsp3) is 0.818. The molecule has 0 aliphatic carbocycles. The van der Waals surface area contributed by atoms with Gasteiger partial charge in [-0.25, -0.2) is 0 Å². The Balaban J connectivity index is 1.83. The van der Waals surface area contributed by atoms with Gasteiger partial charge in [-0.1, -0.05) is 0 Å². The number of nitrogens with zero attached hydrogens (tertiary/aromatic N) is 2. The SMILES string of the molecule is COCCN1CC(C(=O)N2CC(O)C2)CC1=O. The molecule has 1 unspecified atom stereocenters. The summed E-state index contributed by atoms with van der Waals surface area (Å²) < 4.78 is 4.92. The Kier molecular flexibility index (Phi) is 3.63. The van der Waals surface area contributed by atoms with Gasteiger partial charge in [-0.05, 0) is 0 Å². The number of rotatable bonds is 4. The normalized spacial score (nSPS) is 25.3. The van der Waals surface area contributed by atoms with Crippen molar-refractivity contribution in [1.82, 2.24) is 9.80 Å². The molecule has 96 valence electrons. The van der Waals surface area contributed by atoms with Crippen molar-refractivity contribution in [2.75, 3.05) is 39.9 Å². The molecule has 17 heavy (non-hydrogen) atoms. The summed E-state index contributed by atoms with van der Waals surface area (Å²) in [5.74, 6) is -0.239. The average molecular weight is 242 g/mol. The maximum Gasteiger partial charge on any atom is 0.228 e. The molecule has 0 aromatic rings. The zero-order valence-electron chi connectivity index (χ0n) is 9.96. The number of hydrogen-bond donors (Lipinski definition) is 1. The van der Waals surface area contributed by atoms with E-state index in [1.165, 1.54) is 0 Å². The topological polar surface area (TPSA) is 70.1 Å². The maximum atomic E-state index is 11.9. The van der Waals surface area contributed by atoms with Crippen LogP contribution >= 0.6 is 0 Å². The van der Waals surface area contributed by atoms with Gasteiger partial charge in [0.2, 0.25) is 11.8 Å². The Labute approximate surface area is 100 Å². The molecule has 2 aliphatic heterocycles. The fourth-order valence-corrected chi connectivity index (χ4v) is 2.25. The monoisotopic (exact) mass is 242 g/mol. The van der Waals surface area contributed by atoms with Crippen molar-refractivity contribution in [2.24, 2.45) is 5.92 Å². The van der Waals surface area contributed by atoms with E-state index < -0.39 is 0 Å². The smallest absolute Gasteiger partial charge is 0.228 e. The summed E-state index contributed by atoms with van der Waals surface area (Å²) in [4.78, 5) is 26.9. The second-order valence-corrected chi connectivity index (χ2v) is 4.63. The lowest BCUT2D eigenvalue weighted by Crippen LogP contribution is -2.55. The van der Waals surface area contributed by atoms with E-state index in [-0.39, 0.29) is 30.3 Å². The molecule has 1 atom stereocenters. The fourth-order valence-electron chi connectivity index (χ4n) is 2.25. The number of hydrogen-bond acceptors (Lipinski definition) is 4. The molecule has 2 fully saturated rings. The van der Waals surface area contributed by atoms with Crippen molar-refractivity contribution >= 4 is 11.8 Å². The van der Waals surface area contributed by atoms with Crippen molar-refractivity contribution in [3.8, 4) is 0 Å². The summed E-state index contributed by atoms with van der Waals surface area (Å²) >= 11 is 0. The van der Waals surface area contributed by atoms with Gasteiger partial charge < -0.3 is 19.6 Å². The van der Waals surface area contributed by atoms with Gasteiger partial charge in [0.1, 0.15) is 0 Å². The van der Waals surface area contributed by atoms with Gasteiger partial charge in [0, 0.05) is 39.7 Å². The van der Waals surface area contributed by atoms with E-state index in [1.807, 2.05) is 0 Å². The molecule has 2 aliphatic rings. The lowest BCUT2D eigenvalue weighted by atomic mass is 10.0. The highest BCUT2D eigenvalue weighted by Crippen LogP contribution is 2.22. The molecule has 2 amide bonds. The molecule has 6 nitrogen and oxygen atoms in total. The number of ether oxygens (including phenoxy) is 1. The van der Waals surface area contributed by atoms with E-state index in [9.17, 15) is 9.59 Å². The van der Waals surface area contributed by atoms with Gasteiger partial charge in [0.25, 0.3) is 0 Å². The van der Waals surface area contributed by atoms with Gasteiger partial charge in [-0.15, -0.1) is 0 Å². The number of carbonyl (C=O) groups excluding carboxylic acids is 2. The molecule has 0 aromatic heterocycles. The van der Waals surface area contributed by atoms with E-state index in [0.717, 1.165) is 0 Å². The zero-order chi connectivity index (χ0) is 12.4. The summed E-state index contributed by atoms with van der Waals surface area (Å²) in [6.07, 6.45) is -0.101. The van der Waals surface area contributed by atoms with Crippen LogP contribution < -0.4 is 0 Å². The van der Waals surface area contributed by atoms with Crippen LogP contribution in [0, 0.1) is 5.92 Å². The number of aliphatic hydroxyl groups is 1. The van der Waals surface area contributed by atoms with Crippen molar-refractivity contribution in [3.63, 3.8) is 0 Å². The largest absolute Gasteiger partial charge is 0.389 e. The standard InChI is InChI=1S/C11H18N2O4/c1-17-3-2-12-5-8(4-10(12)15)11(16)13-6-9(14)7-13/h8-9,14H,2-7H2,1H3. The number of likely N-dealkylation sites (tertiary alicyclic amines) is 2. The molecule has 0 aromatic carbocycles. The first-order valence-corrected chi connectivity index (χ1v) is 5.85. The maximum absolute atomic E-state index is 11.9. The molecular formula is C11H18N2O4. The molecule has 0 saturated carbocycles. The number of carbonyl (C=O) groups is 2. The van der Waals surface area contributed by atoms with Crippen LogP contribution in [0.15, 0.2) is 0 Å². The number of aliphatic hydroxyl groups excluding tert-OH is 1. The molecule has 2 saturated heterocycles. The third-order valence-electron chi connectivity index (χ3n) is 3.30. The molecule has 2 heterocycles. The minimum atomic E-state index is -0.388. The third kappa shape index (κ3) is 2.58. The Bertz CT molecular complexity index is 315. The van der Waals surface area contributed by atoms with E-state index in [4.69, 9.17) is 9.84 Å². The van der Waals surface area contributed by atoms with Gasteiger partial charge in [-0.3, -0.25) is 9.59 Å². The van der Waals surface area contributed by atoms with Gasteiger partial charge in [0.05, 0.1) is 18.6 Å². The van der Waals surface area contributed by atoms with Crippen LogP contribution in [-0.4, -0.2) is 72.7 Å². The minimum absolute atomic E-state index is 0.0106. The first-order valence-electron chi connectivity index (χ1n) is 5.85. The molecule has 2 rings (SSSR count). The van der Waals surface area contributed by atoms with Crippen molar-refractivity contribution in [1.29, 1.82) is 0 Å². The predicted molar refractivity (Wildman–Crippen MR) is 59.1 cm³/mol. The third-order valence-corrected chi connectivity index (χ3v) is 3.30. The highest BCUT2D eigenvalue weighted by molar-refractivity contribution is 5.89. The van der Waals surface area contributed by atoms with Crippen LogP contribution in [0.1, 0.15) is 6.42 Å². The second kappa shape index (κ2) is 5.01. The van der Waals surface area contributed by atoms with E-state index in [2.05, 4.69) is 0 Å². The summed E-state index contributed by atoms with van der Waals surface area (Å²) in [5.41, 5.74) is 0. The van der Waals surface area contributed by atoms with Crippen molar-refractivity contribution in [2.45, 2.75) is 12.5 Å². The van der Waals surface area contributed by atoms with E-state index >= 15 is 0 Å². The Morgan fingerprint density at radius 2 is 2.18 bits per heavy atom. The highest BCUT2D eigenvalue weighted by Gasteiger charge is 2.39. The zero-order valence-corrected chi connectivity index (χ0v) is 9.96. The van der Waals surface area contributed by atoms with Gasteiger partial charge >= 0.3 is 0 Å². The Hall–Kier alpha value is -1.14. The van der Waals surface area contributed by atoms with Crippen LogP contribution in [0.3, 0.4) is 0 Å². The molecular weight excluding hydrogens is 224 g/mol. The first kappa shape index (κ1) is 12.3. The Morgan fingerprint density at radius 3 is 2.76 bits per heavy atom. The van der Waals surface area contributed by atoms with Crippen LogP contribution in [0.2, 0.25) is 0 Å². The Morgan fingerprint density at radius 1 is 1.47 bits per heavy atom. The van der Waals surface area contributed by atoms with Crippen molar-refractivity contribution in [3.05, 3.63) is 0 Å². The van der Waals surface area contributed by atoms with E-state index in [0.29, 0.717) is 32.8 Å². The summed E-state index contributed by atoms with van der Waals surface area (Å²) in [6.45, 7) is 2.33. The lowest BCUT2D eigenvalue weighted by molar-refractivity contribution is -0.145. The van der Waals surface area contributed by atoms with Crippen LogP contribution in [0.25, 0.3) is 0 Å². The highest BCUT2D eigenvalue weighted by atomic mass is 16.5. The van der Waals surface area contributed by atoms with Crippen LogP contribution in [0.5, 0.6) is 0 Å². The lowest BCUT2D eigenvalue weighted by Gasteiger charge is -2.37. The first-order chi connectivity index (χ1) is 8.11. The average Bonchev–Trinajstić information content (AvgIpc) is 2.63. The van der Waals surface area contributed by atoms with Gasteiger partial charge in [-0.2, -0.15) is 0 Å². The summed E-state index contributed by atoms with van der Waals surface area (Å²) in [7, 11) is 1.59. The number of β-amino-alcohol motifs (C(OH)–C–C–N with tert-alkyl or cyclic N) is 1. The molecule has 1 N–H and O–H groups in total. The van der Waals surface area contributed by atoms with Crippen LogP contribution in [0.4, 0.5) is 0 Å². The summed E-state index contributed by atoms with van der Waals surface area (Å²) in [5, 5.41) is 9.14.